The number of esters is 4. The van der Waals surface area contributed by atoms with Crippen LogP contribution in [0.1, 0.15) is 356 Å². The van der Waals surface area contributed by atoms with Gasteiger partial charge in [-0.2, -0.15) is 0 Å². The van der Waals surface area contributed by atoms with Crippen LogP contribution in [-0.4, -0.2) is 96.7 Å². The van der Waals surface area contributed by atoms with Gasteiger partial charge >= 0.3 is 39.5 Å². The Morgan fingerprint density at radius 3 is 0.773 bits per heavy atom. The largest absolute Gasteiger partial charge is 0.472 e. The molecule has 522 valence electrons. The van der Waals surface area contributed by atoms with E-state index in [1.54, 1.807) is 0 Å². The average Bonchev–Trinajstić information content (AvgIpc) is 3.59. The molecule has 88 heavy (non-hydrogen) atoms. The number of carbonyl (C=O) groups excluding carboxylic acids is 4. The third-order valence-electron chi connectivity index (χ3n) is 16.0. The van der Waals surface area contributed by atoms with Gasteiger partial charge in [0.05, 0.1) is 26.4 Å². The van der Waals surface area contributed by atoms with Gasteiger partial charge in [0, 0.05) is 25.7 Å². The minimum absolute atomic E-state index is 0.106. The SMILES string of the molecule is CCCCCCCCCCCCC(=O)OC[C@H](COP(=O)(O)OC[C@@H](O)COP(=O)(O)OC[C@@H](COC(=O)CCCCCCCCCC)OC(=O)CCCCCCCCCCC)OC(=O)CCCCCCCCCCCCCCCCCCCCC(C)C. The number of unbranched alkanes of at least 4 members (excludes halogenated alkanes) is 41. The molecule has 2 unspecified atom stereocenters. The average molecular weight is 1300 g/mol. The summed E-state index contributed by atoms with van der Waals surface area (Å²) < 4.78 is 68.1. The van der Waals surface area contributed by atoms with E-state index >= 15 is 0 Å². The van der Waals surface area contributed by atoms with Crippen molar-refractivity contribution in [2.75, 3.05) is 39.6 Å². The summed E-state index contributed by atoms with van der Waals surface area (Å²) in [7, 11) is -9.89. The van der Waals surface area contributed by atoms with Gasteiger partial charge in [-0.15, -0.1) is 0 Å². The molecule has 0 aromatic heterocycles. The van der Waals surface area contributed by atoms with Crippen LogP contribution in [0, 0.1) is 5.92 Å². The molecule has 0 aliphatic heterocycles. The summed E-state index contributed by atoms with van der Waals surface area (Å²) in [5.41, 5.74) is 0. The molecule has 0 spiro atoms. The standard InChI is InChI=1S/C69H134O17P2/c1-6-9-12-15-18-21-34-38-43-48-53-67(72)80-59-65(86-69(74)55-50-45-40-35-31-29-27-25-23-22-24-26-28-30-33-36-41-46-51-62(4)5)61-84-88(77,78)82-57-63(70)56-81-87(75,76)83-60-64(58-79-66(71)52-47-42-37-20-17-14-11-8-3)85-68(73)54-49-44-39-32-19-16-13-10-7-2/h62-65,70H,6-61H2,1-5H3,(H,75,76)(H,77,78)/t63-,64+,65+/m0/s1. The van der Waals surface area contributed by atoms with E-state index in [1.165, 1.54) is 173 Å². The van der Waals surface area contributed by atoms with Gasteiger partial charge in [0.25, 0.3) is 0 Å². The number of aliphatic hydroxyl groups excluding tert-OH is 1. The van der Waals surface area contributed by atoms with Gasteiger partial charge in [-0.25, -0.2) is 9.13 Å². The zero-order valence-corrected chi connectivity index (χ0v) is 58.6. The van der Waals surface area contributed by atoms with Crippen LogP contribution >= 0.6 is 15.6 Å². The smallest absolute Gasteiger partial charge is 0.462 e. The number of ether oxygens (including phenoxy) is 4. The molecule has 0 aliphatic carbocycles. The first-order chi connectivity index (χ1) is 42.5. The van der Waals surface area contributed by atoms with Crippen LogP contribution < -0.4 is 0 Å². The fourth-order valence-electron chi connectivity index (χ4n) is 10.5. The van der Waals surface area contributed by atoms with Crippen molar-refractivity contribution in [3.63, 3.8) is 0 Å². The monoisotopic (exact) mass is 1300 g/mol. The highest BCUT2D eigenvalue weighted by Crippen LogP contribution is 2.45. The van der Waals surface area contributed by atoms with Gasteiger partial charge in [-0.1, -0.05) is 304 Å². The predicted molar refractivity (Wildman–Crippen MR) is 354 cm³/mol. The van der Waals surface area contributed by atoms with E-state index in [0.29, 0.717) is 25.7 Å². The number of phosphoric ester groups is 2. The molecule has 0 saturated heterocycles. The Hall–Kier alpha value is -1.94. The first-order valence-corrected chi connectivity index (χ1v) is 39.1. The molecule has 17 nitrogen and oxygen atoms in total. The van der Waals surface area contributed by atoms with Crippen molar-refractivity contribution in [2.45, 2.75) is 374 Å². The van der Waals surface area contributed by atoms with Gasteiger partial charge in [0.1, 0.15) is 19.3 Å². The van der Waals surface area contributed by atoms with Crippen molar-refractivity contribution >= 4 is 39.5 Å². The topological polar surface area (TPSA) is 237 Å². The van der Waals surface area contributed by atoms with Crippen LogP contribution in [0.3, 0.4) is 0 Å². The second-order valence-corrected chi connectivity index (χ2v) is 28.3. The summed E-state index contributed by atoms with van der Waals surface area (Å²) in [5.74, 6) is -1.31. The Morgan fingerprint density at radius 1 is 0.307 bits per heavy atom. The summed E-state index contributed by atoms with van der Waals surface area (Å²) in [6.07, 6.45) is 48.7. The fourth-order valence-corrected chi connectivity index (χ4v) is 12.0. The van der Waals surface area contributed by atoms with Crippen LogP contribution in [0.2, 0.25) is 0 Å². The molecule has 0 saturated carbocycles. The molecular weight excluding hydrogens is 1160 g/mol. The molecule has 3 N–H and O–H groups in total. The van der Waals surface area contributed by atoms with Crippen molar-refractivity contribution in [3.8, 4) is 0 Å². The second-order valence-electron chi connectivity index (χ2n) is 25.4. The van der Waals surface area contributed by atoms with Crippen molar-refractivity contribution in [3.05, 3.63) is 0 Å². The molecule has 0 heterocycles. The molecule has 0 bridgehead atoms. The maximum atomic E-state index is 13.0. The fraction of sp³-hybridized carbons (Fsp3) is 0.942. The first kappa shape index (κ1) is 86.1. The van der Waals surface area contributed by atoms with E-state index < -0.39 is 97.5 Å². The van der Waals surface area contributed by atoms with Crippen molar-refractivity contribution in [1.82, 2.24) is 0 Å². The van der Waals surface area contributed by atoms with Crippen molar-refractivity contribution < 1.29 is 80.2 Å². The lowest BCUT2D eigenvalue weighted by atomic mass is 10.0. The molecule has 0 amide bonds. The predicted octanol–water partition coefficient (Wildman–Crippen LogP) is 19.7. The molecule has 0 aliphatic rings. The van der Waals surface area contributed by atoms with E-state index in [1.807, 2.05) is 0 Å². The molecule has 0 radical (unpaired) electrons. The zero-order valence-electron chi connectivity index (χ0n) is 56.9. The van der Waals surface area contributed by atoms with E-state index in [4.69, 9.17) is 37.0 Å². The maximum Gasteiger partial charge on any atom is 0.472 e. The third kappa shape index (κ3) is 62.8. The molecule has 0 aromatic rings. The number of hydrogen-bond donors (Lipinski definition) is 3. The zero-order chi connectivity index (χ0) is 64.9. The van der Waals surface area contributed by atoms with Gasteiger partial charge in [-0.05, 0) is 31.6 Å². The Kier molecular flexibility index (Phi) is 61.1. The minimum atomic E-state index is -4.95. The number of aliphatic hydroxyl groups is 1. The Bertz CT molecular complexity index is 1700. The summed E-state index contributed by atoms with van der Waals surface area (Å²) in [6.45, 7) is 7.22. The summed E-state index contributed by atoms with van der Waals surface area (Å²) in [6, 6.07) is 0. The lowest BCUT2D eigenvalue weighted by Crippen LogP contribution is -2.30. The molecule has 5 atom stereocenters. The number of rotatable bonds is 69. The van der Waals surface area contributed by atoms with Crippen LogP contribution in [0.5, 0.6) is 0 Å². The van der Waals surface area contributed by atoms with Gasteiger partial charge < -0.3 is 33.8 Å². The molecular formula is C69H134O17P2. The third-order valence-corrected chi connectivity index (χ3v) is 17.9. The van der Waals surface area contributed by atoms with Gasteiger partial charge in [0.2, 0.25) is 0 Å². The quantitative estimate of drug-likeness (QED) is 0.0222. The van der Waals surface area contributed by atoms with Crippen LogP contribution in [0.15, 0.2) is 0 Å². The lowest BCUT2D eigenvalue weighted by Gasteiger charge is -2.21. The molecule has 0 fully saturated rings. The highest BCUT2D eigenvalue weighted by molar-refractivity contribution is 7.47. The summed E-state index contributed by atoms with van der Waals surface area (Å²) in [5, 5.41) is 10.5. The Morgan fingerprint density at radius 2 is 0.523 bits per heavy atom. The van der Waals surface area contributed by atoms with E-state index in [2.05, 4.69) is 34.6 Å². The summed E-state index contributed by atoms with van der Waals surface area (Å²) in [4.78, 5) is 72.2. The highest BCUT2D eigenvalue weighted by atomic mass is 31.2. The van der Waals surface area contributed by atoms with Crippen molar-refractivity contribution in [1.29, 1.82) is 0 Å². The highest BCUT2D eigenvalue weighted by Gasteiger charge is 2.30. The summed E-state index contributed by atoms with van der Waals surface area (Å²) >= 11 is 0. The Balaban J connectivity index is 5.11. The number of carbonyl (C=O) groups is 4. The second kappa shape index (κ2) is 62.5. The Labute approximate surface area is 537 Å². The van der Waals surface area contributed by atoms with Crippen LogP contribution in [-0.2, 0) is 65.4 Å². The van der Waals surface area contributed by atoms with E-state index in [9.17, 15) is 43.2 Å². The minimum Gasteiger partial charge on any atom is -0.462 e. The first-order valence-electron chi connectivity index (χ1n) is 36.1. The van der Waals surface area contributed by atoms with Crippen LogP contribution in [0.25, 0.3) is 0 Å². The lowest BCUT2D eigenvalue weighted by molar-refractivity contribution is -0.161. The van der Waals surface area contributed by atoms with Crippen molar-refractivity contribution in [2.24, 2.45) is 5.92 Å². The normalized spacial score (nSPS) is 14.1. The molecule has 0 aromatic carbocycles. The van der Waals surface area contributed by atoms with E-state index in [-0.39, 0.29) is 25.7 Å². The van der Waals surface area contributed by atoms with Gasteiger partial charge in [0.15, 0.2) is 12.2 Å². The number of phosphoric acid groups is 2. The number of hydrogen-bond acceptors (Lipinski definition) is 15. The molecule has 19 heteroatoms. The van der Waals surface area contributed by atoms with Gasteiger partial charge in [-0.3, -0.25) is 37.3 Å². The maximum absolute atomic E-state index is 13.0. The molecule has 0 rings (SSSR count). The van der Waals surface area contributed by atoms with E-state index in [0.717, 1.165) is 102 Å². The van der Waals surface area contributed by atoms with Crippen LogP contribution in [0.4, 0.5) is 0 Å².